The Bertz CT molecular complexity index is 680. The van der Waals surface area contributed by atoms with Crippen molar-refractivity contribution in [2.45, 2.75) is 41.5 Å². The fourth-order valence-corrected chi connectivity index (χ4v) is 2.58. The maximum Gasteiger partial charge on any atom is 0.137 e. The third kappa shape index (κ3) is 3.44. The van der Waals surface area contributed by atoms with Gasteiger partial charge in [0.2, 0.25) is 0 Å². The quantitative estimate of drug-likeness (QED) is 0.550. The zero-order valence-corrected chi connectivity index (χ0v) is 14.8. The second-order valence-corrected chi connectivity index (χ2v) is 4.42. The van der Waals surface area contributed by atoms with Gasteiger partial charge in [-0.1, -0.05) is 52.0 Å². The lowest BCUT2D eigenvalue weighted by atomic mass is 10.1. The van der Waals surface area contributed by atoms with Crippen molar-refractivity contribution in [1.82, 2.24) is 0 Å². The summed E-state index contributed by atoms with van der Waals surface area (Å²) in [5.41, 5.74) is 3.20. The number of rotatable bonds is 3. The summed E-state index contributed by atoms with van der Waals surface area (Å²) in [6.07, 6.45) is 0. The average molecular weight is 299 g/mol. The molecule has 0 N–H and O–H groups in total. The molecular formula is C20H29NO. The summed E-state index contributed by atoms with van der Waals surface area (Å²) in [5.74, 6) is 0. The van der Waals surface area contributed by atoms with Gasteiger partial charge in [0, 0.05) is 24.2 Å². The molecule has 2 nitrogen and oxygen atoms in total. The van der Waals surface area contributed by atoms with Gasteiger partial charge in [-0.15, -0.1) is 0 Å². The van der Waals surface area contributed by atoms with Crippen LogP contribution >= 0.6 is 0 Å². The Morgan fingerprint density at radius 2 is 1.36 bits per heavy atom. The molecule has 2 heteroatoms. The highest BCUT2D eigenvalue weighted by atomic mass is 16.3. The summed E-state index contributed by atoms with van der Waals surface area (Å²) in [4.78, 5) is 2.37. The van der Waals surface area contributed by atoms with Gasteiger partial charge in [-0.25, -0.2) is 0 Å². The number of furan rings is 1. The molecule has 1 aromatic heterocycles. The maximum atomic E-state index is 5.91. The molecule has 0 fully saturated rings. The molecule has 0 bridgehead atoms. The maximum absolute atomic E-state index is 5.91. The van der Waals surface area contributed by atoms with Crippen LogP contribution in [0.1, 0.15) is 41.5 Å². The molecule has 0 saturated heterocycles. The molecule has 1 heterocycles. The van der Waals surface area contributed by atoms with E-state index in [0.29, 0.717) is 0 Å². The second-order valence-electron chi connectivity index (χ2n) is 4.42. The molecule has 0 spiro atoms. The summed E-state index contributed by atoms with van der Waals surface area (Å²) in [6, 6.07) is 14.5. The van der Waals surface area contributed by atoms with Crippen molar-refractivity contribution in [1.29, 1.82) is 0 Å². The number of hydrogen-bond acceptors (Lipinski definition) is 2. The molecule has 0 saturated carbocycles. The van der Waals surface area contributed by atoms with Gasteiger partial charge in [-0.3, -0.25) is 0 Å². The largest absolute Gasteiger partial charge is 0.456 e. The first-order valence-corrected chi connectivity index (χ1v) is 8.50. The summed E-state index contributed by atoms with van der Waals surface area (Å²) in [6.45, 7) is 14.4. The van der Waals surface area contributed by atoms with Crippen LogP contribution in [0.3, 0.4) is 0 Å². The predicted octanol–water partition coefficient (Wildman–Crippen LogP) is 6.48. The van der Waals surface area contributed by atoms with Crippen molar-refractivity contribution in [2.24, 2.45) is 0 Å². The summed E-state index contributed by atoms with van der Waals surface area (Å²) in [7, 11) is 0. The molecule has 120 valence electrons. The van der Waals surface area contributed by atoms with E-state index in [-0.39, 0.29) is 0 Å². The van der Waals surface area contributed by atoms with Crippen molar-refractivity contribution in [3.05, 3.63) is 42.5 Å². The lowest BCUT2D eigenvalue weighted by molar-refractivity contribution is 0.669. The highest BCUT2D eigenvalue weighted by molar-refractivity contribution is 6.11. The molecule has 3 rings (SSSR count). The third-order valence-corrected chi connectivity index (χ3v) is 3.48. The zero-order chi connectivity index (χ0) is 16.5. The molecule has 0 radical (unpaired) electrons. The van der Waals surface area contributed by atoms with Gasteiger partial charge in [0.1, 0.15) is 11.2 Å². The van der Waals surface area contributed by atoms with Crippen LogP contribution in [0.2, 0.25) is 0 Å². The van der Waals surface area contributed by atoms with Crippen molar-refractivity contribution >= 4 is 27.6 Å². The van der Waals surface area contributed by atoms with Gasteiger partial charge < -0.3 is 9.32 Å². The van der Waals surface area contributed by atoms with Gasteiger partial charge in [0.25, 0.3) is 0 Å². The Morgan fingerprint density at radius 3 is 2.00 bits per heavy atom. The van der Waals surface area contributed by atoms with Crippen LogP contribution in [0.4, 0.5) is 5.69 Å². The Balaban J connectivity index is 0.000000561. The molecule has 0 unspecified atom stereocenters. The predicted molar refractivity (Wildman–Crippen MR) is 100.0 cm³/mol. The van der Waals surface area contributed by atoms with Crippen molar-refractivity contribution in [3.63, 3.8) is 0 Å². The zero-order valence-electron chi connectivity index (χ0n) is 14.8. The Labute approximate surface area is 134 Å². The minimum Gasteiger partial charge on any atom is -0.456 e. The Hall–Kier alpha value is -1.96. The molecule has 22 heavy (non-hydrogen) atoms. The highest BCUT2D eigenvalue weighted by Gasteiger charge is 2.13. The van der Waals surface area contributed by atoms with E-state index in [0.717, 1.165) is 24.3 Å². The van der Waals surface area contributed by atoms with E-state index in [9.17, 15) is 0 Å². The topological polar surface area (TPSA) is 16.4 Å². The van der Waals surface area contributed by atoms with Crippen molar-refractivity contribution < 1.29 is 4.42 Å². The fraction of sp³-hybridized carbons (Fsp3) is 0.400. The monoisotopic (exact) mass is 299 g/mol. The van der Waals surface area contributed by atoms with E-state index in [2.05, 4.69) is 43.0 Å². The van der Waals surface area contributed by atoms with E-state index in [1.165, 1.54) is 16.5 Å². The van der Waals surface area contributed by atoms with Gasteiger partial charge in [0.15, 0.2) is 0 Å². The first-order chi connectivity index (χ1) is 10.8. The first kappa shape index (κ1) is 18.1. The number of para-hydroxylation sites is 1. The third-order valence-electron chi connectivity index (χ3n) is 3.48. The fourth-order valence-electron chi connectivity index (χ4n) is 2.58. The smallest absolute Gasteiger partial charge is 0.137 e. The number of fused-ring (bicyclic) bond motifs is 3. The molecule has 0 aliphatic heterocycles. The lowest BCUT2D eigenvalue weighted by Crippen LogP contribution is -2.21. The number of nitrogens with zero attached hydrogens (tertiary/aromatic N) is 1. The lowest BCUT2D eigenvalue weighted by Gasteiger charge is -2.21. The van der Waals surface area contributed by atoms with E-state index in [1.54, 1.807) is 0 Å². The molecule has 0 aliphatic carbocycles. The summed E-state index contributed by atoms with van der Waals surface area (Å²) >= 11 is 0. The van der Waals surface area contributed by atoms with Crippen LogP contribution in [-0.4, -0.2) is 13.1 Å². The van der Waals surface area contributed by atoms with Gasteiger partial charge in [-0.05, 0) is 32.0 Å². The van der Waals surface area contributed by atoms with Crippen molar-refractivity contribution in [2.75, 3.05) is 18.0 Å². The molecule has 0 amide bonds. The molecular weight excluding hydrogens is 270 g/mol. The average Bonchev–Trinajstić information content (AvgIpc) is 2.99. The minimum absolute atomic E-state index is 0.965. The second kappa shape index (κ2) is 9.14. The molecule has 0 atom stereocenters. The van der Waals surface area contributed by atoms with Crippen LogP contribution in [0.15, 0.2) is 46.9 Å². The van der Waals surface area contributed by atoms with E-state index >= 15 is 0 Å². The van der Waals surface area contributed by atoms with Crippen LogP contribution < -0.4 is 4.90 Å². The number of anilines is 1. The Kier molecular flexibility index (Phi) is 7.51. The van der Waals surface area contributed by atoms with E-state index < -0.39 is 0 Å². The summed E-state index contributed by atoms with van der Waals surface area (Å²) < 4.78 is 5.91. The summed E-state index contributed by atoms with van der Waals surface area (Å²) in [5, 5.41) is 2.44. The molecule has 3 aromatic rings. The first-order valence-electron chi connectivity index (χ1n) is 8.50. The van der Waals surface area contributed by atoms with Gasteiger partial charge in [-0.2, -0.15) is 0 Å². The van der Waals surface area contributed by atoms with Crippen LogP contribution in [-0.2, 0) is 0 Å². The standard InChI is InChI=1S/C16H17NO.2C2H6/c1-3-17(4-2)13-9-7-11-15-16(13)12-8-5-6-10-14(12)18-15;2*1-2/h5-11H,3-4H2,1-2H3;2*1-2H3. The van der Waals surface area contributed by atoms with Crippen LogP contribution in [0.5, 0.6) is 0 Å². The van der Waals surface area contributed by atoms with Crippen LogP contribution in [0, 0.1) is 0 Å². The SMILES string of the molecule is CC.CC.CCN(CC)c1cccc2oc3ccccc3c12. The van der Waals surface area contributed by atoms with Crippen molar-refractivity contribution in [3.8, 4) is 0 Å². The molecule has 2 aromatic carbocycles. The van der Waals surface area contributed by atoms with E-state index in [4.69, 9.17) is 4.42 Å². The number of benzene rings is 2. The Morgan fingerprint density at radius 1 is 0.773 bits per heavy atom. The van der Waals surface area contributed by atoms with Crippen LogP contribution in [0.25, 0.3) is 21.9 Å². The van der Waals surface area contributed by atoms with E-state index in [1.807, 2.05) is 45.9 Å². The molecule has 0 aliphatic rings. The van der Waals surface area contributed by atoms with Gasteiger partial charge >= 0.3 is 0 Å². The number of hydrogen-bond donors (Lipinski definition) is 0. The van der Waals surface area contributed by atoms with Gasteiger partial charge in [0.05, 0.1) is 5.39 Å². The normalized spacial score (nSPS) is 9.73. The minimum atomic E-state index is 0.965. The highest BCUT2D eigenvalue weighted by Crippen LogP contribution is 2.35.